The number of thiophene rings is 1. The second-order valence-electron chi connectivity index (χ2n) is 3.89. The summed E-state index contributed by atoms with van der Waals surface area (Å²) >= 11 is 1.78. The molecular weight excluding hydrogens is 220 g/mol. The molecule has 0 saturated heterocycles. The second-order valence-corrected chi connectivity index (χ2v) is 5.18. The molecule has 0 bridgehead atoms. The Morgan fingerprint density at radius 3 is 2.81 bits per heavy atom. The van der Waals surface area contributed by atoms with Crippen molar-refractivity contribution in [1.82, 2.24) is 5.43 Å². The Labute approximate surface area is 99.2 Å². The van der Waals surface area contributed by atoms with Crippen molar-refractivity contribution < 1.29 is 4.42 Å². The van der Waals surface area contributed by atoms with Crippen LogP contribution in [0.1, 0.15) is 27.1 Å². The van der Waals surface area contributed by atoms with Crippen molar-refractivity contribution in [3.8, 4) is 0 Å². The molecule has 0 spiro atoms. The highest BCUT2D eigenvalue weighted by atomic mass is 32.1. The molecule has 1 atom stereocenters. The third kappa shape index (κ3) is 2.35. The standard InChI is InChI=1S/C12H16N2OS/c1-8-6-12(16-9(8)2)11(14-13)7-10-4-3-5-15-10/h3-6,11,14H,7,13H2,1-2H3. The van der Waals surface area contributed by atoms with Gasteiger partial charge in [0.2, 0.25) is 0 Å². The van der Waals surface area contributed by atoms with E-state index in [2.05, 4.69) is 25.3 Å². The number of nitrogens with two attached hydrogens (primary N) is 1. The number of furan rings is 1. The SMILES string of the molecule is Cc1cc(C(Cc2ccco2)NN)sc1C. The van der Waals surface area contributed by atoms with E-state index in [1.807, 2.05) is 12.1 Å². The van der Waals surface area contributed by atoms with Crippen LogP contribution in [0.5, 0.6) is 0 Å². The smallest absolute Gasteiger partial charge is 0.105 e. The van der Waals surface area contributed by atoms with Gasteiger partial charge in [0, 0.05) is 16.2 Å². The first-order valence-electron chi connectivity index (χ1n) is 5.26. The molecule has 3 nitrogen and oxygen atoms in total. The Morgan fingerprint density at radius 1 is 1.50 bits per heavy atom. The number of aryl methyl sites for hydroxylation is 2. The molecule has 0 fully saturated rings. The van der Waals surface area contributed by atoms with Gasteiger partial charge in [-0.05, 0) is 37.6 Å². The molecular formula is C12H16N2OS. The van der Waals surface area contributed by atoms with Gasteiger partial charge >= 0.3 is 0 Å². The fourth-order valence-electron chi connectivity index (χ4n) is 1.65. The van der Waals surface area contributed by atoms with Crippen molar-refractivity contribution in [2.75, 3.05) is 0 Å². The Kier molecular flexibility index (Phi) is 3.43. The molecule has 86 valence electrons. The molecule has 0 aromatic carbocycles. The van der Waals surface area contributed by atoms with E-state index in [0.29, 0.717) is 0 Å². The van der Waals surface area contributed by atoms with Crippen LogP contribution in [0.4, 0.5) is 0 Å². The van der Waals surface area contributed by atoms with Crippen molar-refractivity contribution in [3.63, 3.8) is 0 Å². The quantitative estimate of drug-likeness (QED) is 0.634. The maximum atomic E-state index is 5.60. The van der Waals surface area contributed by atoms with E-state index >= 15 is 0 Å². The summed E-state index contributed by atoms with van der Waals surface area (Å²) in [5.41, 5.74) is 4.17. The molecule has 0 amide bonds. The van der Waals surface area contributed by atoms with Gasteiger partial charge in [-0.2, -0.15) is 0 Å². The minimum Gasteiger partial charge on any atom is -0.469 e. The van der Waals surface area contributed by atoms with E-state index in [4.69, 9.17) is 10.3 Å². The predicted octanol–water partition coefficient (Wildman–Crippen LogP) is 2.71. The van der Waals surface area contributed by atoms with Crippen LogP contribution < -0.4 is 11.3 Å². The van der Waals surface area contributed by atoms with Gasteiger partial charge in [0.05, 0.1) is 12.3 Å². The lowest BCUT2D eigenvalue weighted by Gasteiger charge is -2.12. The molecule has 0 radical (unpaired) electrons. The molecule has 4 heteroatoms. The second kappa shape index (κ2) is 4.82. The lowest BCUT2D eigenvalue weighted by Crippen LogP contribution is -2.28. The Hall–Kier alpha value is -1.10. The first kappa shape index (κ1) is 11.4. The van der Waals surface area contributed by atoms with Crippen LogP contribution in [0.25, 0.3) is 0 Å². The fraction of sp³-hybridized carbons (Fsp3) is 0.333. The Balaban J connectivity index is 2.16. The largest absolute Gasteiger partial charge is 0.469 e. The minimum atomic E-state index is 0.128. The number of hydrogen-bond acceptors (Lipinski definition) is 4. The van der Waals surface area contributed by atoms with E-state index in [0.717, 1.165) is 12.2 Å². The highest BCUT2D eigenvalue weighted by Gasteiger charge is 2.15. The molecule has 2 rings (SSSR count). The van der Waals surface area contributed by atoms with Crippen LogP contribution >= 0.6 is 11.3 Å². The molecule has 0 saturated carbocycles. The Morgan fingerprint density at radius 2 is 2.31 bits per heavy atom. The summed E-state index contributed by atoms with van der Waals surface area (Å²) < 4.78 is 5.33. The molecule has 2 aromatic rings. The van der Waals surface area contributed by atoms with Crippen LogP contribution in [-0.4, -0.2) is 0 Å². The summed E-state index contributed by atoms with van der Waals surface area (Å²) in [6.45, 7) is 4.25. The zero-order valence-electron chi connectivity index (χ0n) is 9.49. The molecule has 16 heavy (non-hydrogen) atoms. The maximum Gasteiger partial charge on any atom is 0.105 e. The van der Waals surface area contributed by atoms with Crippen LogP contribution in [0.15, 0.2) is 28.9 Å². The first-order chi connectivity index (χ1) is 7.70. The topological polar surface area (TPSA) is 51.2 Å². The van der Waals surface area contributed by atoms with Gasteiger partial charge in [-0.25, -0.2) is 0 Å². The maximum absolute atomic E-state index is 5.60. The van der Waals surface area contributed by atoms with Crippen LogP contribution in [0.3, 0.4) is 0 Å². The van der Waals surface area contributed by atoms with Gasteiger partial charge < -0.3 is 4.42 Å². The molecule has 3 N–H and O–H groups in total. The van der Waals surface area contributed by atoms with Gasteiger partial charge in [-0.15, -0.1) is 11.3 Å². The van der Waals surface area contributed by atoms with Gasteiger partial charge in [-0.3, -0.25) is 11.3 Å². The van der Waals surface area contributed by atoms with Crippen molar-refractivity contribution in [3.05, 3.63) is 45.5 Å². The number of hydrogen-bond donors (Lipinski definition) is 2. The number of nitrogens with one attached hydrogen (secondary N) is 1. The van der Waals surface area contributed by atoms with Crippen molar-refractivity contribution >= 4 is 11.3 Å². The average Bonchev–Trinajstić information content (AvgIpc) is 2.86. The summed E-state index contributed by atoms with van der Waals surface area (Å²) in [5, 5.41) is 0. The van der Waals surface area contributed by atoms with E-state index in [-0.39, 0.29) is 6.04 Å². The third-order valence-corrected chi connectivity index (χ3v) is 3.98. The summed E-state index contributed by atoms with van der Waals surface area (Å²) in [6.07, 6.45) is 2.47. The highest BCUT2D eigenvalue weighted by molar-refractivity contribution is 7.12. The minimum absolute atomic E-state index is 0.128. The van der Waals surface area contributed by atoms with Crippen molar-refractivity contribution in [1.29, 1.82) is 0 Å². The molecule has 0 aliphatic carbocycles. The van der Waals surface area contributed by atoms with Gasteiger partial charge in [-0.1, -0.05) is 0 Å². The van der Waals surface area contributed by atoms with E-state index in [1.165, 1.54) is 15.3 Å². The average molecular weight is 236 g/mol. The molecule has 0 aliphatic rings. The van der Waals surface area contributed by atoms with Crippen LogP contribution in [0.2, 0.25) is 0 Å². The monoisotopic (exact) mass is 236 g/mol. The fourth-order valence-corrected chi connectivity index (χ4v) is 2.75. The lowest BCUT2D eigenvalue weighted by atomic mass is 10.1. The molecule has 0 aliphatic heterocycles. The van der Waals surface area contributed by atoms with Gasteiger partial charge in [0.25, 0.3) is 0 Å². The molecule has 2 aromatic heterocycles. The van der Waals surface area contributed by atoms with E-state index in [9.17, 15) is 0 Å². The zero-order chi connectivity index (χ0) is 11.5. The summed E-state index contributed by atoms with van der Waals surface area (Å²) in [4.78, 5) is 2.60. The van der Waals surface area contributed by atoms with Crippen LogP contribution in [-0.2, 0) is 6.42 Å². The summed E-state index contributed by atoms with van der Waals surface area (Å²) in [5.74, 6) is 6.55. The number of rotatable bonds is 4. The van der Waals surface area contributed by atoms with E-state index < -0.39 is 0 Å². The van der Waals surface area contributed by atoms with Crippen molar-refractivity contribution in [2.45, 2.75) is 26.3 Å². The van der Waals surface area contributed by atoms with Crippen molar-refractivity contribution in [2.24, 2.45) is 5.84 Å². The highest BCUT2D eigenvalue weighted by Crippen LogP contribution is 2.28. The molecule has 2 heterocycles. The van der Waals surface area contributed by atoms with Crippen LogP contribution in [0, 0.1) is 13.8 Å². The third-order valence-electron chi connectivity index (χ3n) is 2.72. The normalized spacial score (nSPS) is 12.9. The predicted molar refractivity (Wildman–Crippen MR) is 66.3 cm³/mol. The van der Waals surface area contributed by atoms with Gasteiger partial charge in [0.15, 0.2) is 0 Å². The number of hydrazine groups is 1. The van der Waals surface area contributed by atoms with E-state index in [1.54, 1.807) is 17.6 Å². The zero-order valence-corrected chi connectivity index (χ0v) is 10.3. The first-order valence-corrected chi connectivity index (χ1v) is 6.08. The summed E-state index contributed by atoms with van der Waals surface area (Å²) in [7, 11) is 0. The Bertz CT molecular complexity index is 428. The lowest BCUT2D eigenvalue weighted by molar-refractivity contribution is 0.458. The van der Waals surface area contributed by atoms with Gasteiger partial charge in [0.1, 0.15) is 5.76 Å². The molecule has 1 unspecified atom stereocenters. The summed E-state index contributed by atoms with van der Waals surface area (Å²) in [6, 6.07) is 6.18.